The van der Waals surface area contributed by atoms with Crippen LogP contribution in [0.15, 0.2) is 35.7 Å². The largest absolute Gasteiger partial charge is 0.317 e. The number of anilines is 1. The van der Waals surface area contributed by atoms with Gasteiger partial charge < -0.3 is 10.6 Å². The summed E-state index contributed by atoms with van der Waals surface area (Å²) in [6, 6.07) is 9.83. The Morgan fingerprint density at radius 2 is 1.89 bits per heavy atom. The highest BCUT2D eigenvalue weighted by atomic mass is 35.5. The molecule has 3 rings (SSSR count). The molecule has 0 saturated carbocycles. The van der Waals surface area contributed by atoms with Crippen molar-refractivity contribution in [3.63, 3.8) is 0 Å². The summed E-state index contributed by atoms with van der Waals surface area (Å²) in [7, 11) is -3.54. The number of nitrogens with zero attached hydrogens (tertiary/aromatic N) is 1. The molecule has 0 spiro atoms. The molecule has 0 bridgehead atoms. The molecular formula is C18H22ClN3O3S2. The van der Waals surface area contributed by atoms with Crippen LogP contribution >= 0.6 is 23.7 Å². The highest BCUT2D eigenvalue weighted by Gasteiger charge is 2.48. The molecule has 0 aliphatic carbocycles. The van der Waals surface area contributed by atoms with Gasteiger partial charge in [0, 0.05) is 11.6 Å². The Kier molecular flexibility index (Phi) is 7.16. The molecule has 1 aliphatic heterocycles. The summed E-state index contributed by atoms with van der Waals surface area (Å²) < 4.78 is 23.2. The zero-order valence-electron chi connectivity index (χ0n) is 14.8. The fraction of sp³-hybridized carbons (Fsp3) is 0.333. The number of carbonyl (C=O) groups excluding carboxylic acids is 1. The number of benzene rings is 1. The summed E-state index contributed by atoms with van der Waals surface area (Å²) in [6.07, 6.45) is 5.46. The highest BCUT2D eigenvalue weighted by Crippen LogP contribution is 2.30. The Morgan fingerprint density at radius 3 is 2.52 bits per heavy atom. The number of aromatic nitrogens is 1. The van der Waals surface area contributed by atoms with Crippen molar-refractivity contribution in [1.82, 2.24) is 10.3 Å². The summed E-state index contributed by atoms with van der Waals surface area (Å²) in [5.41, 5.74) is 1.77. The number of piperidine rings is 1. The van der Waals surface area contributed by atoms with Gasteiger partial charge in [0.25, 0.3) is 0 Å². The van der Waals surface area contributed by atoms with Gasteiger partial charge in [0.15, 0.2) is 19.7 Å². The Morgan fingerprint density at radius 1 is 1.22 bits per heavy atom. The van der Waals surface area contributed by atoms with Crippen molar-refractivity contribution in [2.75, 3.05) is 24.7 Å². The van der Waals surface area contributed by atoms with E-state index in [-0.39, 0.29) is 25.2 Å². The number of sulfone groups is 1. The molecule has 0 radical (unpaired) electrons. The third-order valence-corrected chi connectivity index (χ3v) is 7.31. The van der Waals surface area contributed by atoms with Gasteiger partial charge in [0.2, 0.25) is 5.91 Å². The number of thiazole rings is 1. The van der Waals surface area contributed by atoms with E-state index in [1.165, 1.54) is 11.3 Å². The molecule has 9 heteroatoms. The predicted octanol–water partition coefficient (Wildman–Crippen LogP) is 2.84. The van der Waals surface area contributed by atoms with Crippen LogP contribution in [0.25, 0.3) is 12.2 Å². The first kappa shape index (κ1) is 21.6. The molecule has 27 heavy (non-hydrogen) atoms. The van der Waals surface area contributed by atoms with Gasteiger partial charge in [-0.25, -0.2) is 13.4 Å². The topological polar surface area (TPSA) is 88.2 Å². The lowest BCUT2D eigenvalue weighted by Gasteiger charge is -2.33. The van der Waals surface area contributed by atoms with Gasteiger partial charge >= 0.3 is 0 Å². The van der Waals surface area contributed by atoms with Crippen LogP contribution in [-0.2, 0) is 14.6 Å². The molecule has 1 amide bonds. The molecule has 6 nitrogen and oxygen atoms in total. The van der Waals surface area contributed by atoms with Gasteiger partial charge in [-0.15, -0.1) is 23.7 Å². The van der Waals surface area contributed by atoms with E-state index in [1.807, 2.05) is 47.9 Å². The van der Waals surface area contributed by atoms with Gasteiger partial charge in [0.05, 0.1) is 5.69 Å². The van der Waals surface area contributed by atoms with Crippen LogP contribution in [0.3, 0.4) is 0 Å². The summed E-state index contributed by atoms with van der Waals surface area (Å²) in [5, 5.41) is 8.04. The van der Waals surface area contributed by atoms with Crippen LogP contribution in [0.4, 0.5) is 5.13 Å². The normalized spacial score (nSPS) is 16.6. The van der Waals surface area contributed by atoms with E-state index < -0.39 is 20.5 Å². The lowest BCUT2D eigenvalue weighted by molar-refractivity contribution is -0.119. The second kappa shape index (κ2) is 8.97. The number of hydrogen-bond donors (Lipinski definition) is 2. The molecular weight excluding hydrogens is 406 g/mol. The number of hydrogen-bond acceptors (Lipinski definition) is 6. The first-order chi connectivity index (χ1) is 12.4. The minimum Gasteiger partial charge on any atom is -0.317 e. The Hall–Kier alpha value is -1.74. The van der Waals surface area contributed by atoms with E-state index in [0.29, 0.717) is 23.9 Å². The molecule has 1 aliphatic rings. The fourth-order valence-electron chi connectivity index (χ4n) is 2.97. The first-order valence-electron chi connectivity index (χ1n) is 8.31. The maximum atomic E-state index is 12.8. The van der Waals surface area contributed by atoms with E-state index in [2.05, 4.69) is 15.6 Å². The van der Waals surface area contributed by atoms with E-state index in [4.69, 9.17) is 0 Å². The SMILES string of the molecule is CS(=O)(=O)C1(C(=O)Nc2nc(/C=C/c3ccccc3)cs2)CCNCC1.Cl. The van der Waals surface area contributed by atoms with Crippen LogP contribution in [0.1, 0.15) is 24.1 Å². The lowest BCUT2D eigenvalue weighted by Crippen LogP contribution is -2.55. The summed E-state index contributed by atoms with van der Waals surface area (Å²) >= 11 is 1.28. The second-order valence-electron chi connectivity index (χ2n) is 6.29. The molecule has 146 valence electrons. The van der Waals surface area contributed by atoms with E-state index in [1.54, 1.807) is 0 Å². The predicted molar refractivity (Wildman–Crippen MR) is 113 cm³/mol. The minimum atomic E-state index is -3.54. The number of rotatable bonds is 5. The average molecular weight is 428 g/mol. The maximum absolute atomic E-state index is 12.8. The van der Waals surface area contributed by atoms with Crippen molar-refractivity contribution >= 4 is 56.8 Å². The van der Waals surface area contributed by atoms with E-state index in [9.17, 15) is 13.2 Å². The van der Waals surface area contributed by atoms with Crippen molar-refractivity contribution < 1.29 is 13.2 Å². The summed E-state index contributed by atoms with van der Waals surface area (Å²) in [6.45, 7) is 1.01. The number of nitrogens with one attached hydrogen (secondary N) is 2. The molecule has 1 aromatic carbocycles. The highest BCUT2D eigenvalue weighted by molar-refractivity contribution is 7.92. The Bertz CT molecular complexity index is 905. The van der Waals surface area contributed by atoms with Crippen LogP contribution in [0.2, 0.25) is 0 Å². The fourth-order valence-corrected chi connectivity index (χ4v) is 4.98. The van der Waals surface area contributed by atoms with Gasteiger partial charge in [-0.3, -0.25) is 4.79 Å². The zero-order chi connectivity index (χ0) is 18.6. The minimum absolute atomic E-state index is 0. The molecule has 0 atom stereocenters. The van der Waals surface area contributed by atoms with E-state index in [0.717, 1.165) is 11.8 Å². The number of halogens is 1. The van der Waals surface area contributed by atoms with Crippen molar-refractivity contribution in [1.29, 1.82) is 0 Å². The smallest absolute Gasteiger partial charge is 0.247 e. The monoisotopic (exact) mass is 427 g/mol. The Balaban J connectivity index is 0.00000261. The third-order valence-electron chi connectivity index (χ3n) is 4.52. The molecule has 2 aromatic rings. The summed E-state index contributed by atoms with van der Waals surface area (Å²) in [4.78, 5) is 17.1. The molecule has 2 heterocycles. The van der Waals surface area contributed by atoms with Crippen molar-refractivity contribution in [2.45, 2.75) is 17.6 Å². The van der Waals surface area contributed by atoms with Gasteiger partial charge in [-0.05, 0) is 37.6 Å². The van der Waals surface area contributed by atoms with Crippen LogP contribution < -0.4 is 10.6 Å². The maximum Gasteiger partial charge on any atom is 0.247 e. The first-order valence-corrected chi connectivity index (χ1v) is 11.1. The van der Waals surface area contributed by atoms with Crippen molar-refractivity contribution in [2.24, 2.45) is 0 Å². The van der Waals surface area contributed by atoms with Crippen LogP contribution in [-0.4, -0.2) is 43.4 Å². The van der Waals surface area contributed by atoms with Gasteiger partial charge in [-0.2, -0.15) is 0 Å². The molecule has 0 unspecified atom stereocenters. The quantitative estimate of drug-likeness (QED) is 0.765. The number of amides is 1. The van der Waals surface area contributed by atoms with Gasteiger partial charge in [-0.1, -0.05) is 36.4 Å². The van der Waals surface area contributed by atoms with Crippen LogP contribution in [0, 0.1) is 0 Å². The Labute approximate surface area is 169 Å². The zero-order valence-corrected chi connectivity index (χ0v) is 17.3. The third kappa shape index (κ3) is 4.95. The molecule has 1 fully saturated rings. The summed E-state index contributed by atoms with van der Waals surface area (Å²) in [5.74, 6) is -0.491. The van der Waals surface area contributed by atoms with Crippen LogP contribution in [0.5, 0.6) is 0 Å². The molecule has 1 saturated heterocycles. The standard InChI is InChI=1S/C18H21N3O3S2.ClH/c1-26(23,24)18(9-11-19-12-10-18)16(22)21-17-20-15(13-25-17)8-7-14-5-3-2-4-6-14;/h2-8,13,19H,9-12H2,1H3,(H,20,21,22);1H/b8-7+;. The second-order valence-corrected chi connectivity index (χ2v) is 9.48. The van der Waals surface area contributed by atoms with Crippen molar-refractivity contribution in [3.05, 3.63) is 47.0 Å². The average Bonchev–Trinajstić information content (AvgIpc) is 3.08. The van der Waals surface area contributed by atoms with E-state index >= 15 is 0 Å². The lowest BCUT2D eigenvalue weighted by atomic mass is 9.96. The van der Waals surface area contributed by atoms with Gasteiger partial charge in [0.1, 0.15) is 0 Å². The number of carbonyl (C=O) groups is 1. The van der Waals surface area contributed by atoms with Crippen molar-refractivity contribution in [3.8, 4) is 0 Å². The molecule has 2 N–H and O–H groups in total. The molecule has 1 aromatic heterocycles.